The number of imidazole rings is 1. The highest BCUT2D eigenvalue weighted by Gasteiger charge is 2.16. The number of aromatic nitrogens is 2. The first kappa shape index (κ1) is 18.4. The van der Waals surface area contributed by atoms with E-state index in [9.17, 15) is 9.90 Å². The van der Waals surface area contributed by atoms with Crippen LogP contribution >= 0.6 is 12.4 Å². The monoisotopic (exact) mass is 364 g/mol. The van der Waals surface area contributed by atoms with Crippen LogP contribution in [0.4, 0.5) is 0 Å². The van der Waals surface area contributed by atoms with Crippen molar-refractivity contribution in [3.8, 4) is 17.2 Å². The number of hydrogen-bond donors (Lipinski definition) is 2. The van der Waals surface area contributed by atoms with E-state index in [2.05, 4.69) is 9.97 Å². The number of methoxy groups -OCH3 is 2. The third-order valence-electron chi connectivity index (χ3n) is 3.54. The number of halogens is 1. The Bertz CT molecular complexity index is 877. The summed E-state index contributed by atoms with van der Waals surface area (Å²) in [5.74, 6) is 1.37. The molecule has 2 aromatic carbocycles. The second kappa shape index (κ2) is 7.76. The van der Waals surface area contributed by atoms with Crippen molar-refractivity contribution in [2.75, 3.05) is 14.2 Å². The Kier molecular flexibility index (Phi) is 5.71. The third-order valence-corrected chi connectivity index (χ3v) is 3.54. The summed E-state index contributed by atoms with van der Waals surface area (Å²) >= 11 is 0. The van der Waals surface area contributed by atoms with E-state index in [4.69, 9.17) is 14.2 Å². The summed E-state index contributed by atoms with van der Waals surface area (Å²) in [5, 5.41) is 9.28. The van der Waals surface area contributed by atoms with Gasteiger partial charge in [0.15, 0.2) is 0 Å². The quantitative estimate of drug-likeness (QED) is 0.697. The van der Waals surface area contributed by atoms with Gasteiger partial charge in [0, 0.05) is 0 Å². The molecule has 7 nitrogen and oxygen atoms in total. The van der Waals surface area contributed by atoms with Crippen molar-refractivity contribution in [1.29, 1.82) is 0 Å². The van der Waals surface area contributed by atoms with Crippen molar-refractivity contribution in [2.45, 2.75) is 6.61 Å². The number of rotatable bonds is 6. The minimum Gasteiger partial charge on any atom is -0.497 e. The zero-order valence-electron chi connectivity index (χ0n) is 13.6. The molecule has 132 valence electrons. The van der Waals surface area contributed by atoms with Crippen molar-refractivity contribution in [3.05, 3.63) is 47.8 Å². The summed E-state index contributed by atoms with van der Waals surface area (Å²) in [6, 6.07) is 10.2. The highest BCUT2D eigenvalue weighted by molar-refractivity contribution is 6.02. The van der Waals surface area contributed by atoms with Gasteiger partial charge in [-0.15, -0.1) is 12.4 Å². The van der Waals surface area contributed by atoms with Crippen LogP contribution in [0, 0.1) is 0 Å². The van der Waals surface area contributed by atoms with Crippen molar-refractivity contribution < 1.29 is 24.1 Å². The molecular weight excluding hydrogens is 348 g/mol. The topological polar surface area (TPSA) is 93.7 Å². The molecule has 0 amide bonds. The maximum Gasteiger partial charge on any atom is 0.337 e. The molecule has 3 aromatic rings. The minimum atomic E-state index is -1.03. The van der Waals surface area contributed by atoms with Crippen LogP contribution in [0.5, 0.6) is 17.2 Å². The number of fused-ring (bicyclic) bond motifs is 1. The van der Waals surface area contributed by atoms with E-state index >= 15 is 0 Å². The molecule has 1 heterocycles. The average molecular weight is 365 g/mol. The van der Waals surface area contributed by atoms with Crippen LogP contribution in [0.3, 0.4) is 0 Å². The molecule has 0 atom stereocenters. The molecule has 8 heteroatoms. The van der Waals surface area contributed by atoms with Gasteiger partial charge in [-0.3, -0.25) is 0 Å². The number of nitrogens with zero attached hydrogens (tertiary/aromatic N) is 1. The summed E-state index contributed by atoms with van der Waals surface area (Å²) in [6.07, 6.45) is 0. The number of benzene rings is 2. The minimum absolute atomic E-state index is 0. The SMILES string of the molecule is COc1ccc(OCc2nc3c(OC)ccc(C(=O)O)c3[nH]2)cc1.Cl. The van der Waals surface area contributed by atoms with E-state index < -0.39 is 5.97 Å². The molecule has 0 aliphatic heterocycles. The van der Waals surface area contributed by atoms with Crippen molar-refractivity contribution in [1.82, 2.24) is 9.97 Å². The molecule has 3 rings (SSSR count). The molecule has 0 unspecified atom stereocenters. The highest BCUT2D eigenvalue weighted by atomic mass is 35.5. The number of carbonyl (C=O) groups is 1. The molecule has 25 heavy (non-hydrogen) atoms. The average Bonchev–Trinajstić information content (AvgIpc) is 3.03. The Labute approximate surface area is 150 Å². The van der Waals surface area contributed by atoms with E-state index in [1.54, 1.807) is 37.4 Å². The number of carboxylic acid groups (broad SMARTS) is 1. The number of hydrogen-bond acceptors (Lipinski definition) is 5. The molecule has 0 aliphatic carbocycles. The zero-order valence-corrected chi connectivity index (χ0v) is 14.4. The van der Waals surface area contributed by atoms with Crippen molar-refractivity contribution >= 4 is 29.4 Å². The molecule has 0 saturated heterocycles. The predicted octanol–water partition coefficient (Wildman–Crippen LogP) is 3.28. The smallest absolute Gasteiger partial charge is 0.337 e. The third kappa shape index (κ3) is 3.77. The van der Waals surface area contributed by atoms with Crippen LogP contribution in [0.25, 0.3) is 11.0 Å². The van der Waals surface area contributed by atoms with Crippen LogP contribution < -0.4 is 14.2 Å². The molecule has 0 saturated carbocycles. The van der Waals surface area contributed by atoms with E-state index in [1.807, 2.05) is 0 Å². The second-order valence-electron chi connectivity index (χ2n) is 4.99. The molecule has 0 radical (unpaired) electrons. The maximum absolute atomic E-state index is 11.3. The lowest BCUT2D eigenvalue weighted by atomic mass is 10.2. The summed E-state index contributed by atoms with van der Waals surface area (Å²) in [7, 11) is 3.11. The molecule has 0 spiro atoms. The fourth-order valence-corrected chi connectivity index (χ4v) is 2.35. The van der Waals surface area contributed by atoms with Gasteiger partial charge in [-0.25, -0.2) is 9.78 Å². The number of nitrogens with one attached hydrogen (secondary N) is 1. The molecular formula is C17H17ClN2O5. The standard InChI is InChI=1S/C17H16N2O5.ClH/c1-22-10-3-5-11(6-4-10)24-9-14-18-15-12(17(20)21)7-8-13(23-2)16(15)19-14;/h3-8H,9H2,1-2H3,(H,18,19)(H,20,21);1H. The fourth-order valence-electron chi connectivity index (χ4n) is 2.35. The van der Waals surface area contributed by atoms with Gasteiger partial charge >= 0.3 is 5.97 Å². The van der Waals surface area contributed by atoms with E-state index in [0.29, 0.717) is 28.4 Å². The van der Waals surface area contributed by atoms with Crippen molar-refractivity contribution in [2.24, 2.45) is 0 Å². The van der Waals surface area contributed by atoms with Gasteiger partial charge in [0.05, 0.1) is 25.3 Å². The summed E-state index contributed by atoms with van der Waals surface area (Å²) in [4.78, 5) is 18.7. The highest BCUT2D eigenvalue weighted by Crippen LogP contribution is 2.27. The van der Waals surface area contributed by atoms with E-state index in [1.165, 1.54) is 13.2 Å². The maximum atomic E-state index is 11.3. The van der Waals surface area contributed by atoms with Crippen LogP contribution in [0.2, 0.25) is 0 Å². The zero-order chi connectivity index (χ0) is 17.1. The summed E-state index contributed by atoms with van der Waals surface area (Å²) < 4.78 is 16.0. The molecule has 1 aromatic heterocycles. The number of ether oxygens (including phenoxy) is 3. The summed E-state index contributed by atoms with van der Waals surface area (Å²) in [6.45, 7) is 0.170. The Morgan fingerprint density at radius 1 is 1.08 bits per heavy atom. The van der Waals surface area contributed by atoms with Gasteiger partial charge in [0.2, 0.25) is 0 Å². The van der Waals surface area contributed by atoms with Crippen LogP contribution in [0.1, 0.15) is 16.2 Å². The van der Waals surface area contributed by atoms with E-state index in [0.717, 1.165) is 5.75 Å². The predicted molar refractivity (Wildman–Crippen MR) is 94.2 cm³/mol. The van der Waals surface area contributed by atoms with E-state index in [-0.39, 0.29) is 24.6 Å². The van der Waals surface area contributed by atoms with Crippen LogP contribution in [-0.2, 0) is 6.61 Å². The van der Waals surface area contributed by atoms with Gasteiger partial charge in [-0.2, -0.15) is 0 Å². The Balaban J connectivity index is 0.00000225. The molecule has 0 bridgehead atoms. The first-order valence-corrected chi connectivity index (χ1v) is 7.18. The fraction of sp³-hybridized carbons (Fsp3) is 0.176. The van der Waals surface area contributed by atoms with Gasteiger partial charge in [-0.05, 0) is 36.4 Å². The largest absolute Gasteiger partial charge is 0.497 e. The second-order valence-corrected chi connectivity index (χ2v) is 4.99. The van der Waals surface area contributed by atoms with Gasteiger partial charge in [-0.1, -0.05) is 0 Å². The van der Waals surface area contributed by atoms with Crippen molar-refractivity contribution in [3.63, 3.8) is 0 Å². The molecule has 0 fully saturated rings. The lowest BCUT2D eigenvalue weighted by Crippen LogP contribution is -1.99. The number of aromatic carboxylic acids is 1. The Hall–Kier alpha value is -2.93. The Morgan fingerprint density at radius 3 is 2.36 bits per heavy atom. The lowest BCUT2D eigenvalue weighted by Gasteiger charge is -2.05. The Morgan fingerprint density at radius 2 is 1.76 bits per heavy atom. The first-order valence-electron chi connectivity index (χ1n) is 7.18. The first-order chi connectivity index (χ1) is 11.6. The van der Waals surface area contributed by atoms with Crippen LogP contribution in [-0.4, -0.2) is 35.3 Å². The van der Waals surface area contributed by atoms with Crippen LogP contribution in [0.15, 0.2) is 36.4 Å². The lowest BCUT2D eigenvalue weighted by molar-refractivity contribution is 0.0699. The molecule has 0 aliphatic rings. The molecule has 2 N–H and O–H groups in total. The van der Waals surface area contributed by atoms with Gasteiger partial charge in [0.1, 0.15) is 35.2 Å². The number of carboxylic acids is 1. The summed E-state index contributed by atoms with van der Waals surface area (Å²) in [5.41, 5.74) is 1.01. The van der Waals surface area contributed by atoms with Gasteiger partial charge < -0.3 is 24.3 Å². The number of aromatic amines is 1. The normalized spacial score (nSPS) is 10.2. The van der Waals surface area contributed by atoms with Gasteiger partial charge in [0.25, 0.3) is 0 Å². The number of H-pyrrole nitrogens is 1.